The van der Waals surface area contributed by atoms with Crippen LogP contribution in [0.15, 0.2) is 35.3 Å². The van der Waals surface area contributed by atoms with E-state index in [1.807, 2.05) is 0 Å². The van der Waals surface area contributed by atoms with Crippen LogP contribution in [0.25, 0.3) is 11.1 Å². The third kappa shape index (κ3) is 4.23. The third-order valence-corrected chi connectivity index (χ3v) is 6.79. The van der Waals surface area contributed by atoms with Crippen LogP contribution in [0, 0.1) is 11.6 Å². The average Bonchev–Trinajstić information content (AvgIpc) is 2.60. The van der Waals surface area contributed by atoms with Gasteiger partial charge in [-0.25, -0.2) is 22.7 Å². The molecule has 0 radical (unpaired) electrons. The van der Waals surface area contributed by atoms with Crippen LogP contribution < -0.4 is 11.0 Å². The summed E-state index contributed by atoms with van der Waals surface area (Å²) in [6, 6.07) is 4.42. The first-order valence-corrected chi connectivity index (χ1v) is 10.2. The topological polar surface area (TPSA) is 105 Å². The highest BCUT2D eigenvalue weighted by Gasteiger charge is 2.43. The van der Waals surface area contributed by atoms with Crippen molar-refractivity contribution in [1.82, 2.24) is 10.0 Å². The summed E-state index contributed by atoms with van der Waals surface area (Å²) in [5.74, 6) is -2.91. The number of aromatic nitrogens is 1. The number of nitrogens with one attached hydrogen (secondary N) is 1. The number of aryl methyl sites for hydroxylation is 1. The second kappa shape index (κ2) is 7.98. The highest BCUT2D eigenvalue weighted by molar-refractivity contribution is 7.92. The van der Waals surface area contributed by atoms with Crippen molar-refractivity contribution in [2.75, 3.05) is 6.26 Å². The fraction of sp³-hybridized carbons (Fsp3) is 0.294. The lowest BCUT2D eigenvalue weighted by molar-refractivity contribution is -0.131. The van der Waals surface area contributed by atoms with Crippen molar-refractivity contribution in [3.05, 3.63) is 57.5 Å². The Kier molecular flexibility index (Phi) is 6.27. The molecular weight excluding hydrogens is 418 g/mol. The Morgan fingerprint density at radius 3 is 2.43 bits per heavy atom. The number of carbonyl (C=O) groups is 1. The number of benzene rings is 1. The summed E-state index contributed by atoms with van der Waals surface area (Å²) in [5, 5.41) is 8.91. The van der Waals surface area contributed by atoms with Gasteiger partial charge >= 0.3 is 0 Å². The molecule has 0 saturated carbocycles. The highest BCUT2D eigenvalue weighted by Crippen LogP contribution is 2.27. The van der Waals surface area contributed by atoms with Gasteiger partial charge in [0, 0.05) is 41.2 Å². The number of nitrogens with zero attached hydrogens (tertiary/aromatic N) is 1. The molecule has 152 valence electrons. The van der Waals surface area contributed by atoms with Crippen LogP contribution in [0.4, 0.5) is 8.78 Å². The van der Waals surface area contributed by atoms with Crippen molar-refractivity contribution in [1.29, 1.82) is 0 Å². The number of hydroxylamine groups is 1. The molecule has 2 rings (SSSR count). The molecule has 0 bridgehead atoms. The van der Waals surface area contributed by atoms with Crippen LogP contribution >= 0.6 is 11.6 Å². The van der Waals surface area contributed by atoms with Crippen LogP contribution in [0.2, 0.25) is 5.02 Å². The summed E-state index contributed by atoms with van der Waals surface area (Å²) >= 11 is 5.66. The van der Waals surface area contributed by atoms with Gasteiger partial charge in [0.05, 0.1) is 0 Å². The molecule has 0 aliphatic heterocycles. The molecule has 1 amide bonds. The Bertz CT molecular complexity index is 1090. The van der Waals surface area contributed by atoms with Crippen molar-refractivity contribution in [2.24, 2.45) is 0 Å². The van der Waals surface area contributed by atoms with Gasteiger partial charge < -0.3 is 4.57 Å². The van der Waals surface area contributed by atoms with Crippen LogP contribution in [0.3, 0.4) is 0 Å². The van der Waals surface area contributed by atoms with E-state index >= 15 is 0 Å². The molecule has 0 aliphatic carbocycles. The largest absolute Gasteiger partial charge is 0.312 e. The number of hydrogen-bond acceptors (Lipinski definition) is 5. The number of pyridine rings is 1. The monoisotopic (exact) mass is 434 g/mol. The first-order valence-electron chi connectivity index (χ1n) is 7.90. The van der Waals surface area contributed by atoms with Gasteiger partial charge in [0.1, 0.15) is 11.6 Å². The van der Waals surface area contributed by atoms with E-state index in [2.05, 4.69) is 0 Å². The van der Waals surface area contributed by atoms with Crippen LogP contribution in [-0.4, -0.2) is 35.1 Å². The van der Waals surface area contributed by atoms with Gasteiger partial charge in [0.25, 0.3) is 11.5 Å². The maximum atomic E-state index is 14.5. The molecule has 1 atom stereocenters. The second-order valence-corrected chi connectivity index (χ2v) is 9.27. The zero-order chi connectivity index (χ0) is 21.3. The minimum absolute atomic E-state index is 0.109. The predicted octanol–water partition coefficient (Wildman–Crippen LogP) is 2.15. The third-order valence-electron chi connectivity index (χ3n) is 4.53. The van der Waals surface area contributed by atoms with Gasteiger partial charge in [-0.2, -0.15) is 0 Å². The zero-order valence-corrected chi connectivity index (χ0v) is 16.4. The Hall–Kier alpha value is -2.30. The zero-order valence-electron chi connectivity index (χ0n) is 14.9. The molecular formula is C17H17ClF2N2O5S. The molecule has 0 unspecified atom stereocenters. The minimum Gasteiger partial charge on any atom is -0.312 e. The van der Waals surface area contributed by atoms with E-state index < -0.39 is 44.1 Å². The average molecular weight is 435 g/mol. The first kappa shape index (κ1) is 22.0. The first-order chi connectivity index (χ1) is 12.9. The molecule has 0 fully saturated rings. The van der Waals surface area contributed by atoms with Crippen molar-refractivity contribution in [3.63, 3.8) is 0 Å². The van der Waals surface area contributed by atoms with Gasteiger partial charge in [-0.1, -0.05) is 11.6 Å². The van der Waals surface area contributed by atoms with E-state index in [1.165, 1.54) is 17.6 Å². The molecule has 1 heterocycles. The normalized spacial score (nSPS) is 13.8. The van der Waals surface area contributed by atoms with E-state index in [9.17, 15) is 26.8 Å². The molecule has 11 heteroatoms. The number of carbonyl (C=O) groups excluding carboxylic acids is 1. The maximum absolute atomic E-state index is 14.5. The number of sulfone groups is 1. The standard InChI is InChI=1S/C17H17ClF2N2O5S/c1-17(16(24)21-25,28(2,26)27)5-6-22-9-14(20)12(8-15(22)23)11-4-3-10(18)7-13(11)19/h3-4,7-9,25H,5-6H2,1-2H3,(H,21,24)/t17-/m1/s1. The summed E-state index contributed by atoms with van der Waals surface area (Å²) in [4.78, 5) is 24.1. The van der Waals surface area contributed by atoms with E-state index in [-0.39, 0.29) is 22.7 Å². The smallest absolute Gasteiger partial charge is 0.264 e. The van der Waals surface area contributed by atoms with Crippen LogP contribution in [-0.2, 0) is 21.2 Å². The van der Waals surface area contributed by atoms with Crippen molar-refractivity contribution >= 4 is 27.3 Å². The molecule has 2 N–H and O–H groups in total. The molecule has 1 aromatic heterocycles. The lowest BCUT2D eigenvalue weighted by Gasteiger charge is -2.25. The van der Waals surface area contributed by atoms with Crippen molar-refractivity contribution in [3.8, 4) is 11.1 Å². The van der Waals surface area contributed by atoms with Crippen LogP contribution in [0.1, 0.15) is 13.3 Å². The summed E-state index contributed by atoms with van der Waals surface area (Å²) < 4.78 is 51.2. The Morgan fingerprint density at radius 1 is 1.25 bits per heavy atom. The molecule has 0 saturated heterocycles. The summed E-state index contributed by atoms with van der Waals surface area (Å²) in [6.07, 6.45) is 1.19. The van der Waals surface area contributed by atoms with Gasteiger partial charge in [0.2, 0.25) is 0 Å². The quantitative estimate of drug-likeness (QED) is 0.535. The van der Waals surface area contributed by atoms with Crippen molar-refractivity contribution < 1.29 is 27.2 Å². The molecule has 28 heavy (non-hydrogen) atoms. The summed E-state index contributed by atoms with van der Waals surface area (Å²) in [6.45, 7) is 0.739. The summed E-state index contributed by atoms with van der Waals surface area (Å²) in [7, 11) is -3.97. The number of hydrogen-bond donors (Lipinski definition) is 2. The molecule has 0 spiro atoms. The Balaban J connectivity index is 2.40. The second-order valence-electron chi connectivity index (χ2n) is 6.38. The van der Waals surface area contributed by atoms with Gasteiger partial charge in [0.15, 0.2) is 14.6 Å². The van der Waals surface area contributed by atoms with E-state index in [4.69, 9.17) is 16.8 Å². The lowest BCUT2D eigenvalue weighted by atomic mass is 10.0. The van der Waals surface area contributed by atoms with Crippen LogP contribution in [0.5, 0.6) is 0 Å². The van der Waals surface area contributed by atoms with E-state index in [0.29, 0.717) is 0 Å². The fourth-order valence-electron chi connectivity index (χ4n) is 2.55. The Morgan fingerprint density at radius 2 is 1.89 bits per heavy atom. The van der Waals surface area contributed by atoms with Gasteiger partial charge in [-0.3, -0.25) is 14.8 Å². The lowest BCUT2D eigenvalue weighted by Crippen LogP contribution is -2.50. The van der Waals surface area contributed by atoms with Gasteiger partial charge in [-0.05, 0) is 31.5 Å². The molecule has 7 nitrogen and oxygen atoms in total. The van der Waals surface area contributed by atoms with Crippen molar-refractivity contribution in [2.45, 2.75) is 24.6 Å². The minimum atomic E-state index is -3.97. The molecule has 0 aliphatic rings. The summed E-state index contributed by atoms with van der Waals surface area (Å²) in [5.41, 5.74) is 0.110. The van der Waals surface area contributed by atoms with E-state index in [0.717, 1.165) is 36.1 Å². The molecule has 2 aromatic rings. The SMILES string of the molecule is C[C@@](CCn1cc(F)c(-c2ccc(Cl)cc2F)cc1=O)(C(=O)NO)S(C)(=O)=O. The fourth-order valence-corrected chi connectivity index (χ4v) is 3.56. The van der Waals surface area contributed by atoms with Gasteiger partial charge in [-0.15, -0.1) is 0 Å². The number of halogens is 3. The Labute approximate surface area is 164 Å². The number of rotatable bonds is 6. The van der Waals surface area contributed by atoms with E-state index in [1.54, 1.807) is 0 Å². The maximum Gasteiger partial charge on any atom is 0.264 e. The highest BCUT2D eigenvalue weighted by atomic mass is 35.5. The number of amides is 1. The predicted molar refractivity (Wildman–Crippen MR) is 98.9 cm³/mol. The molecule has 1 aromatic carbocycles.